The average molecular weight is 417 g/mol. The maximum absolute atomic E-state index is 12.8. The number of rotatable bonds is 5. The molecular weight excluding hydrogens is 394 g/mol. The van der Waals surface area contributed by atoms with E-state index >= 15 is 0 Å². The standard InChI is InChI=1S/C20H23N3O5S/c1-13-2-4-14(5-3-13)11-22-19(25)18-10-16(24)12-23(18)20(26)15-6-8-17(9-7-15)29(21,27)28/h2-9,16,18,24H,10-12H2,1H3,(H,22,25)(H2,21,27,28). The SMILES string of the molecule is Cc1ccc(CNC(=O)C2CC(O)CN2C(=O)c2ccc(S(N)(=O)=O)cc2)cc1. The van der Waals surface area contributed by atoms with Gasteiger partial charge in [-0.3, -0.25) is 9.59 Å². The minimum absolute atomic E-state index is 0.0262. The first-order valence-electron chi connectivity index (χ1n) is 9.10. The number of hydrogen-bond acceptors (Lipinski definition) is 5. The fourth-order valence-corrected chi connectivity index (χ4v) is 3.77. The highest BCUT2D eigenvalue weighted by atomic mass is 32.2. The van der Waals surface area contributed by atoms with E-state index in [1.54, 1.807) is 0 Å². The van der Waals surface area contributed by atoms with Crippen LogP contribution in [0.25, 0.3) is 0 Å². The minimum Gasteiger partial charge on any atom is -0.391 e. The second-order valence-corrected chi connectivity index (χ2v) is 8.70. The second kappa shape index (κ2) is 8.32. The Morgan fingerprint density at radius 1 is 1.14 bits per heavy atom. The maximum atomic E-state index is 12.8. The Kier molecular flexibility index (Phi) is 6.02. The molecule has 154 valence electrons. The molecule has 2 atom stereocenters. The maximum Gasteiger partial charge on any atom is 0.254 e. The van der Waals surface area contributed by atoms with Crippen LogP contribution in [0.1, 0.15) is 27.9 Å². The molecule has 29 heavy (non-hydrogen) atoms. The molecule has 1 saturated heterocycles. The number of aliphatic hydroxyl groups is 1. The molecule has 2 aromatic rings. The first-order valence-corrected chi connectivity index (χ1v) is 10.6. The molecule has 8 nitrogen and oxygen atoms in total. The summed E-state index contributed by atoms with van der Waals surface area (Å²) >= 11 is 0. The zero-order valence-corrected chi connectivity index (χ0v) is 16.7. The summed E-state index contributed by atoms with van der Waals surface area (Å²) < 4.78 is 22.7. The van der Waals surface area contributed by atoms with Crippen molar-refractivity contribution in [2.45, 2.75) is 36.9 Å². The van der Waals surface area contributed by atoms with E-state index in [0.29, 0.717) is 6.54 Å². The molecule has 2 aromatic carbocycles. The normalized spacial score (nSPS) is 19.2. The van der Waals surface area contributed by atoms with E-state index in [2.05, 4.69) is 5.32 Å². The molecule has 3 rings (SSSR count). The quantitative estimate of drug-likeness (QED) is 0.654. The zero-order chi connectivity index (χ0) is 21.2. The molecule has 1 fully saturated rings. The summed E-state index contributed by atoms with van der Waals surface area (Å²) in [6.45, 7) is 2.32. The number of nitrogens with zero attached hydrogens (tertiary/aromatic N) is 1. The van der Waals surface area contributed by atoms with Crippen LogP contribution in [0, 0.1) is 6.92 Å². The molecule has 0 radical (unpaired) electrons. The Morgan fingerprint density at radius 3 is 2.34 bits per heavy atom. The van der Waals surface area contributed by atoms with Gasteiger partial charge in [-0.15, -0.1) is 0 Å². The number of benzene rings is 2. The minimum atomic E-state index is -3.86. The molecule has 2 unspecified atom stereocenters. The molecular formula is C20H23N3O5S. The van der Waals surface area contributed by atoms with Crippen LogP contribution in [0.5, 0.6) is 0 Å². The van der Waals surface area contributed by atoms with E-state index in [1.165, 1.54) is 29.2 Å². The summed E-state index contributed by atoms with van der Waals surface area (Å²) in [5.41, 5.74) is 2.26. The Hall–Kier alpha value is -2.75. The first-order chi connectivity index (χ1) is 13.6. The monoisotopic (exact) mass is 417 g/mol. The number of primary sulfonamides is 1. The van der Waals surface area contributed by atoms with Gasteiger partial charge in [0.05, 0.1) is 11.0 Å². The number of aliphatic hydroxyl groups excluding tert-OH is 1. The van der Waals surface area contributed by atoms with Gasteiger partial charge >= 0.3 is 0 Å². The van der Waals surface area contributed by atoms with Gasteiger partial charge in [-0.1, -0.05) is 29.8 Å². The molecule has 4 N–H and O–H groups in total. The smallest absolute Gasteiger partial charge is 0.254 e. The summed E-state index contributed by atoms with van der Waals surface area (Å²) in [5, 5.41) is 17.9. The molecule has 2 amide bonds. The van der Waals surface area contributed by atoms with Crippen molar-refractivity contribution in [3.8, 4) is 0 Å². The third kappa shape index (κ3) is 5.00. The molecule has 1 aliphatic heterocycles. The number of carbonyl (C=O) groups excluding carboxylic acids is 2. The fraction of sp³-hybridized carbons (Fsp3) is 0.300. The summed E-state index contributed by atoms with van der Waals surface area (Å²) in [5.74, 6) is -0.811. The van der Waals surface area contributed by atoms with Crippen molar-refractivity contribution in [2.24, 2.45) is 5.14 Å². The number of sulfonamides is 1. The van der Waals surface area contributed by atoms with E-state index in [4.69, 9.17) is 5.14 Å². The summed E-state index contributed by atoms with van der Waals surface area (Å²) in [4.78, 5) is 26.7. The van der Waals surface area contributed by atoms with Gasteiger partial charge in [-0.25, -0.2) is 13.6 Å². The van der Waals surface area contributed by atoms with Gasteiger partial charge < -0.3 is 15.3 Å². The predicted molar refractivity (Wildman–Crippen MR) is 106 cm³/mol. The van der Waals surface area contributed by atoms with E-state index < -0.39 is 28.1 Å². The highest BCUT2D eigenvalue weighted by molar-refractivity contribution is 7.89. The van der Waals surface area contributed by atoms with Crippen LogP contribution in [0.15, 0.2) is 53.4 Å². The zero-order valence-electron chi connectivity index (χ0n) is 15.9. The number of carbonyl (C=O) groups is 2. The van der Waals surface area contributed by atoms with Crippen LogP contribution in [-0.2, 0) is 21.4 Å². The third-order valence-electron chi connectivity index (χ3n) is 4.86. The number of likely N-dealkylation sites (tertiary alicyclic amines) is 1. The van der Waals surface area contributed by atoms with E-state index in [-0.39, 0.29) is 29.3 Å². The first kappa shape index (κ1) is 21.0. The van der Waals surface area contributed by atoms with Crippen molar-refractivity contribution in [1.29, 1.82) is 0 Å². The number of nitrogens with one attached hydrogen (secondary N) is 1. The van der Waals surface area contributed by atoms with Crippen molar-refractivity contribution in [1.82, 2.24) is 10.2 Å². The van der Waals surface area contributed by atoms with Crippen LogP contribution in [0.4, 0.5) is 0 Å². The Labute approximate surface area is 169 Å². The Morgan fingerprint density at radius 2 is 1.76 bits per heavy atom. The number of aryl methyl sites for hydroxylation is 1. The molecule has 0 aromatic heterocycles. The lowest BCUT2D eigenvalue weighted by molar-refractivity contribution is -0.125. The van der Waals surface area contributed by atoms with Crippen LogP contribution in [0.3, 0.4) is 0 Å². The van der Waals surface area contributed by atoms with Crippen LogP contribution < -0.4 is 10.5 Å². The van der Waals surface area contributed by atoms with Crippen molar-refractivity contribution in [3.05, 3.63) is 65.2 Å². The molecule has 0 saturated carbocycles. The van der Waals surface area contributed by atoms with Gasteiger partial charge in [0.2, 0.25) is 15.9 Å². The lowest BCUT2D eigenvalue weighted by Crippen LogP contribution is -2.45. The summed E-state index contributed by atoms with van der Waals surface area (Å²) in [7, 11) is -3.86. The topological polar surface area (TPSA) is 130 Å². The van der Waals surface area contributed by atoms with Gasteiger partial charge in [0.1, 0.15) is 6.04 Å². The van der Waals surface area contributed by atoms with E-state index in [1.807, 2.05) is 31.2 Å². The lowest BCUT2D eigenvalue weighted by Gasteiger charge is -2.24. The Bertz CT molecular complexity index is 1000. The van der Waals surface area contributed by atoms with Crippen molar-refractivity contribution >= 4 is 21.8 Å². The predicted octanol–water partition coefficient (Wildman–Crippen LogP) is 0.534. The van der Waals surface area contributed by atoms with Gasteiger partial charge in [0, 0.05) is 25.1 Å². The van der Waals surface area contributed by atoms with Gasteiger partial charge in [0.25, 0.3) is 5.91 Å². The van der Waals surface area contributed by atoms with Gasteiger partial charge in [-0.05, 0) is 36.8 Å². The fourth-order valence-electron chi connectivity index (χ4n) is 3.25. The molecule has 9 heteroatoms. The van der Waals surface area contributed by atoms with Crippen molar-refractivity contribution < 1.29 is 23.1 Å². The lowest BCUT2D eigenvalue weighted by atomic mass is 10.1. The average Bonchev–Trinajstić information content (AvgIpc) is 3.08. The van der Waals surface area contributed by atoms with Crippen LogP contribution >= 0.6 is 0 Å². The van der Waals surface area contributed by atoms with Crippen molar-refractivity contribution in [3.63, 3.8) is 0 Å². The largest absolute Gasteiger partial charge is 0.391 e. The summed E-state index contributed by atoms with van der Waals surface area (Å²) in [6, 6.07) is 12.1. The van der Waals surface area contributed by atoms with Gasteiger partial charge in [-0.2, -0.15) is 0 Å². The number of β-amino-alcohol motifs (C(OH)–C–C–N with tert-alkyl or cyclic N) is 1. The number of nitrogens with two attached hydrogens (primary N) is 1. The highest BCUT2D eigenvalue weighted by Crippen LogP contribution is 2.22. The molecule has 1 heterocycles. The van der Waals surface area contributed by atoms with E-state index in [0.717, 1.165) is 11.1 Å². The number of hydrogen-bond donors (Lipinski definition) is 3. The molecule has 1 aliphatic rings. The Balaban J connectivity index is 1.71. The number of amides is 2. The molecule has 0 aliphatic carbocycles. The van der Waals surface area contributed by atoms with Crippen LogP contribution in [0.2, 0.25) is 0 Å². The molecule has 0 spiro atoms. The van der Waals surface area contributed by atoms with Gasteiger partial charge in [0.15, 0.2) is 0 Å². The second-order valence-electron chi connectivity index (χ2n) is 7.14. The molecule has 0 bridgehead atoms. The van der Waals surface area contributed by atoms with E-state index in [9.17, 15) is 23.1 Å². The highest BCUT2D eigenvalue weighted by Gasteiger charge is 2.39. The van der Waals surface area contributed by atoms with Crippen molar-refractivity contribution in [2.75, 3.05) is 6.54 Å². The van der Waals surface area contributed by atoms with Crippen LogP contribution in [-0.4, -0.2) is 48.9 Å². The summed E-state index contributed by atoms with van der Waals surface area (Å²) in [6.07, 6.45) is -0.668. The third-order valence-corrected chi connectivity index (χ3v) is 5.79.